The van der Waals surface area contributed by atoms with Crippen LogP contribution in [-0.2, 0) is 10.0 Å². The van der Waals surface area contributed by atoms with E-state index in [0.29, 0.717) is 24.0 Å². The van der Waals surface area contributed by atoms with Crippen molar-refractivity contribution in [2.75, 3.05) is 24.6 Å². The Bertz CT molecular complexity index is 471. The minimum absolute atomic E-state index is 0.322. The van der Waals surface area contributed by atoms with Crippen molar-refractivity contribution in [3.8, 4) is 0 Å². The van der Waals surface area contributed by atoms with E-state index in [1.807, 2.05) is 11.8 Å². The zero-order valence-electron chi connectivity index (χ0n) is 10.8. The van der Waals surface area contributed by atoms with Crippen molar-refractivity contribution < 1.29 is 8.42 Å². The maximum absolute atomic E-state index is 11.9. The Morgan fingerprint density at radius 3 is 2.68 bits per heavy atom. The monoisotopic (exact) mass is 300 g/mol. The molecule has 1 aromatic carbocycles. The molecule has 1 fully saturated rings. The molecule has 0 saturated carbocycles. The lowest BCUT2D eigenvalue weighted by atomic mass is 10.2. The summed E-state index contributed by atoms with van der Waals surface area (Å²) in [6.07, 6.45) is 2.44. The second-order valence-corrected chi connectivity index (χ2v) is 7.50. The number of benzene rings is 1. The standard InChI is InChI=1S/C13H20N2O2S2/c16-19(17,13-6-2-1-3-7-13)15-9-8-14-12-5-4-10-18-11-12/h1-3,6-7,12,14-15H,4-5,8-11H2/t12-/m0/s1. The molecule has 1 aliphatic rings. The van der Waals surface area contributed by atoms with E-state index >= 15 is 0 Å². The highest BCUT2D eigenvalue weighted by Gasteiger charge is 2.14. The fourth-order valence-electron chi connectivity index (χ4n) is 2.05. The van der Waals surface area contributed by atoms with Gasteiger partial charge in [0.05, 0.1) is 4.90 Å². The van der Waals surface area contributed by atoms with Gasteiger partial charge in [-0.15, -0.1) is 0 Å². The zero-order valence-corrected chi connectivity index (χ0v) is 12.5. The molecule has 106 valence electrons. The van der Waals surface area contributed by atoms with E-state index in [0.717, 1.165) is 5.75 Å². The largest absolute Gasteiger partial charge is 0.312 e. The van der Waals surface area contributed by atoms with Crippen LogP contribution in [0.15, 0.2) is 35.2 Å². The summed E-state index contributed by atoms with van der Waals surface area (Å²) in [5.41, 5.74) is 0. The van der Waals surface area contributed by atoms with Gasteiger partial charge in [-0.2, -0.15) is 11.8 Å². The third kappa shape index (κ3) is 4.80. The predicted molar refractivity (Wildman–Crippen MR) is 80.0 cm³/mol. The Balaban J connectivity index is 1.73. The molecule has 0 amide bonds. The topological polar surface area (TPSA) is 58.2 Å². The Labute approximate surface area is 119 Å². The van der Waals surface area contributed by atoms with Gasteiger partial charge in [-0.05, 0) is 30.7 Å². The van der Waals surface area contributed by atoms with E-state index in [1.165, 1.54) is 18.6 Å². The van der Waals surface area contributed by atoms with Crippen molar-refractivity contribution in [2.24, 2.45) is 0 Å². The van der Waals surface area contributed by atoms with E-state index in [2.05, 4.69) is 10.0 Å². The minimum atomic E-state index is -3.36. The maximum Gasteiger partial charge on any atom is 0.240 e. The van der Waals surface area contributed by atoms with Crippen molar-refractivity contribution in [1.29, 1.82) is 0 Å². The second-order valence-electron chi connectivity index (χ2n) is 4.58. The summed E-state index contributed by atoms with van der Waals surface area (Å²) < 4.78 is 26.5. The van der Waals surface area contributed by atoms with Crippen LogP contribution in [0, 0.1) is 0 Å². The van der Waals surface area contributed by atoms with Crippen LogP contribution in [0.5, 0.6) is 0 Å². The minimum Gasteiger partial charge on any atom is -0.312 e. The lowest BCUT2D eigenvalue weighted by Crippen LogP contribution is -2.39. The molecule has 1 aromatic rings. The van der Waals surface area contributed by atoms with Gasteiger partial charge in [-0.1, -0.05) is 18.2 Å². The van der Waals surface area contributed by atoms with Crippen LogP contribution in [0.25, 0.3) is 0 Å². The Kier molecular flexibility index (Phi) is 5.69. The Hall–Kier alpha value is -0.560. The van der Waals surface area contributed by atoms with E-state index in [9.17, 15) is 8.42 Å². The van der Waals surface area contributed by atoms with Gasteiger partial charge < -0.3 is 5.32 Å². The van der Waals surface area contributed by atoms with Gasteiger partial charge in [-0.3, -0.25) is 0 Å². The molecule has 0 bridgehead atoms. The molecule has 0 radical (unpaired) electrons. The Morgan fingerprint density at radius 1 is 1.21 bits per heavy atom. The van der Waals surface area contributed by atoms with Crippen LogP contribution in [0.4, 0.5) is 0 Å². The number of hydrogen-bond donors (Lipinski definition) is 2. The maximum atomic E-state index is 11.9. The zero-order chi connectivity index (χ0) is 13.6. The van der Waals surface area contributed by atoms with E-state index in [-0.39, 0.29) is 0 Å². The molecule has 0 unspecified atom stereocenters. The SMILES string of the molecule is O=S(=O)(NCCN[C@H]1CCCSC1)c1ccccc1. The first kappa shape index (κ1) is 14.8. The lowest BCUT2D eigenvalue weighted by Gasteiger charge is -2.22. The predicted octanol–water partition coefficient (Wildman–Crippen LogP) is 1.45. The molecule has 6 heteroatoms. The number of sulfonamides is 1. The summed E-state index contributed by atoms with van der Waals surface area (Å²) in [7, 11) is -3.36. The van der Waals surface area contributed by atoms with Gasteiger partial charge in [0.25, 0.3) is 0 Å². The Morgan fingerprint density at radius 2 is 2.00 bits per heavy atom. The van der Waals surface area contributed by atoms with Crippen LogP contribution < -0.4 is 10.0 Å². The van der Waals surface area contributed by atoms with Crippen LogP contribution in [-0.4, -0.2) is 39.1 Å². The fourth-order valence-corrected chi connectivity index (χ4v) is 4.21. The summed E-state index contributed by atoms with van der Waals surface area (Å²) in [6.45, 7) is 1.11. The first-order valence-corrected chi connectivity index (χ1v) is 9.18. The van der Waals surface area contributed by atoms with E-state index in [1.54, 1.807) is 30.3 Å². The van der Waals surface area contributed by atoms with Gasteiger partial charge in [0, 0.05) is 24.9 Å². The fraction of sp³-hybridized carbons (Fsp3) is 0.538. The smallest absolute Gasteiger partial charge is 0.240 e. The molecule has 2 rings (SSSR count). The van der Waals surface area contributed by atoms with Crippen LogP contribution in [0.3, 0.4) is 0 Å². The van der Waals surface area contributed by atoms with Gasteiger partial charge in [0.15, 0.2) is 0 Å². The summed E-state index contributed by atoms with van der Waals surface area (Å²) >= 11 is 1.96. The quantitative estimate of drug-likeness (QED) is 0.781. The molecular formula is C13H20N2O2S2. The normalized spacial score (nSPS) is 20.3. The van der Waals surface area contributed by atoms with Gasteiger partial charge in [0.1, 0.15) is 0 Å². The lowest BCUT2D eigenvalue weighted by molar-refractivity contribution is 0.506. The van der Waals surface area contributed by atoms with Gasteiger partial charge >= 0.3 is 0 Å². The molecule has 0 spiro atoms. The molecular weight excluding hydrogens is 280 g/mol. The number of thioether (sulfide) groups is 1. The summed E-state index contributed by atoms with van der Waals surface area (Å²) in [6, 6.07) is 9.00. The van der Waals surface area contributed by atoms with Gasteiger partial charge in [0.2, 0.25) is 10.0 Å². The molecule has 1 aliphatic heterocycles. The molecule has 1 atom stereocenters. The number of rotatable bonds is 6. The third-order valence-electron chi connectivity index (χ3n) is 3.06. The van der Waals surface area contributed by atoms with Crippen molar-refractivity contribution in [3.05, 3.63) is 30.3 Å². The molecule has 1 heterocycles. The molecule has 19 heavy (non-hydrogen) atoms. The number of hydrogen-bond acceptors (Lipinski definition) is 4. The third-order valence-corrected chi connectivity index (χ3v) is 5.76. The molecule has 0 aliphatic carbocycles. The molecule has 2 N–H and O–H groups in total. The van der Waals surface area contributed by atoms with Gasteiger partial charge in [-0.25, -0.2) is 13.1 Å². The van der Waals surface area contributed by atoms with Crippen molar-refractivity contribution in [1.82, 2.24) is 10.0 Å². The van der Waals surface area contributed by atoms with E-state index in [4.69, 9.17) is 0 Å². The summed E-state index contributed by atoms with van der Waals surface area (Å²) in [5, 5.41) is 3.40. The first-order valence-electron chi connectivity index (χ1n) is 6.54. The average molecular weight is 300 g/mol. The highest BCUT2D eigenvalue weighted by atomic mass is 32.2. The van der Waals surface area contributed by atoms with Crippen molar-refractivity contribution in [2.45, 2.75) is 23.8 Å². The first-order chi connectivity index (χ1) is 9.18. The summed E-state index contributed by atoms with van der Waals surface area (Å²) in [5.74, 6) is 2.38. The molecule has 0 aromatic heterocycles. The van der Waals surface area contributed by atoms with Crippen molar-refractivity contribution in [3.63, 3.8) is 0 Å². The second kappa shape index (κ2) is 7.28. The van der Waals surface area contributed by atoms with Crippen LogP contribution >= 0.6 is 11.8 Å². The molecule has 4 nitrogen and oxygen atoms in total. The van der Waals surface area contributed by atoms with Crippen LogP contribution in [0.1, 0.15) is 12.8 Å². The van der Waals surface area contributed by atoms with Crippen molar-refractivity contribution >= 4 is 21.8 Å². The highest BCUT2D eigenvalue weighted by Crippen LogP contribution is 2.16. The highest BCUT2D eigenvalue weighted by molar-refractivity contribution is 7.99. The summed E-state index contributed by atoms with van der Waals surface area (Å²) in [4.78, 5) is 0.322. The molecule has 1 saturated heterocycles. The average Bonchev–Trinajstić information content (AvgIpc) is 2.46. The van der Waals surface area contributed by atoms with Crippen LogP contribution in [0.2, 0.25) is 0 Å². The van der Waals surface area contributed by atoms with E-state index < -0.39 is 10.0 Å². The number of nitrogens with one attached hydrogen (secondary N) is 2.